The predicted molar refractivity (Wildman–Crippen MR) is 80.9 cm³/mol. The van der Waals surface area contributed by atoms with Crippen LogP contribution < -0.4 is 4.90 Å². The summed E-state index contributed by atoms with van der Waals surface area (Å²) >= 11 is 9.67. The van der Waals surface area contributed by atoms with Gasteiger partial charge in [0.25, 0.3) is 0 Å². The highest BCUT2D eigenvalue weighted by molar-refractivity contribution is 9.08. The fourth-order valence-corrected chi connectivity index (χ4v) is 3.24. The third-order valence-electron chi connectivity index (χ3n) is 3.45. The summed E-state index contributed by atoms with van der Waals surface area (Å²) in [6.07, 6.45) is 2.48. The Morgan fingerprint density at radius 1 is 1.50 bits per heavy atom. The number of hydrogen-bond donors (Lipinski definition) is 0. The van der Waals surface area contributed by atoms with Crippen molar-refractivity contribution in [2.24, 2.45) is 5.92 Å². The van der Waals surface area contributed by atoms with E-state index in [0.29, 0.717) is 5.92 Å². The van der Waals surface area contributed by atoms with Crippen molar-refractivity contribution in [3.63, 3.8) is 0 Å². The number of methoxy groups -OCH3 is 1. The maximum absolute atomic E-state index is 6.12. The molecule has 18 heavy (non-hydrogen) atoms. The summed E-state index contributed by atoms with van der Waals surface area (Å²) in [7, 11) is 1.78. The van der Waals surface area contributed by atoms with E-state index in [9.17, 15) is 0 Å². The van der Waals surface area contributed by atoms with Crippen molar-refractivity contribution in [1.82, 2.24) is 0 Å². The second-order valence-electron chi connectivity index (χ2n) is 4.82. The molecule has 1 atom stereocenters. The maximum atomic E-state index is 6.12. The Morgan fingerprint density at radius 3 is 3.06 bits per heavy atom. The van der Waals surface area contributed by atoms with Crippen molar-refractivity contribution >= 4 is 33.2 Å². The Labute approximate surface area is 122 Å². The molecule has 1 fully saturated rings. The first-order valence-corrected chi connectivity index (χ1v) is 7.82. The van der Waals surface area contributed by atoms with Gasteiger partial charge in [0.2, 0.25) is 0 Å². The number of piperidine rings is 1. The molecule has 2 nitrogen and oxygen atoms in total. The molecule has 1 aliphatic heterocycles. The Bertz CT molecular complexity index is 397. The molecule has 0 radical (unpaired) electrons. The van der Waals surface area contributed by atoms with Crippen molar-refractivity contribution in [1.29, 1.82) is 0 Å². The summed E-state index contributed by atoms with van der Waals surface area (Å²) in [6.45, 7) is 3.02. The second-order valence-corrected chi connectivity index (χ2v) is 5.81. The summed E-state index contributed by atoms with van der Waals surface area (Å²) < 4.78 is 5.28. The monoisotopic (exact) mass is 331 g/mol. The van der Waals surface area contributed by atoms with Crippen LogP contribution in [-0.2, 0) is 10.1 Å². The zero-order valence-electron chi connectivity index (χ0n) is 10.7. The Kier molecular flexibility index (Phi) is 5.34. The highest BCUT2D eigenvalue weighted by atomic mass is 79.9. The van der Waals surface area contributed by atoms with Gasteiger partial charge in [-0.3, -0.25) is 0 Å². The first-order valence-electron chi connectivity index (χ1n) is 6.33. The maximum Gasteiger partial charge on any atom is 0.0507 e. The number of alkyl halides is 1. The van der Waals surface area contributed by atoms with Crippen LogP contribution in [0.4, 0.5) is 5.69 Å². The normalized spacial score (nSPS) is 20.2. The fraction of sp³-hybridized carbons (Fsp3) is 0.571. The topological polar surface area (TPSA) is 12.5 Å². The number of nitrogens with zero attached hydrogens (tertiary/aromatic N) is 1. The van der Waals surface area contributed by atoms with E-state index in [1.807, 2.05) is 6.07 Å². The van der Waals surface area contributed by atoms with E-state index in [1.54, 1.807) is 7.11 Å². The zero-order chi connectivity index (χ0) is 13.0. The molecule has 1 aromatic carbocycles. The smallest absolute Gasteiger partial charge is 0.0507 e. The molecule has 4 heteroatoms. The van der Waals surface area contributed by atoms with Crippen LogP contribution in [0.3, 0.4) is 0 Å². The van der Waals surface area contributed by atoms with Crippen molar-refractivity contribution in [2.45, 2.75) is 18.2 Å². The van der Waals surface area contributed by atoms with Crippen LogP contribution in [0.15, 0.2) is 18.2 Å². The molecule has 0 saturated carbocycles. The van der Waals surface area contributed by atoms with Gasteiger partial charge in [0.05, 0.1) is 6.61 Å². The van der Waals surface area contributed by atoms with Gasteiger partial charge < -0.3 is 9.64 Å². The van der Waals surface area contributed by atoms with Crippen LogP contribution in [0.2, 0.25) is 5.02 Å². The van der Waals surface area contributed by atoms with Gasteiger partial charge in [-0.2, -0.15) is 0 Å². The molecule has 0 N–H and O–H groups in total. The van der Waals surface area contributed by atoms with Gasteiger partial charge >= 0.3 is 0 Å². The number of hydrogen-bond acceptors (Lipinski definition) is 2. The van der Waals surface area contributed by atoms with Crippen LogP contribution in [0.25, 0.3) is 0 Å². The lowest BCUT2D eigenvalue weighted by Gasteiger charge is -2.35. The molecule has 1 heterocycles. The molecule has 1 saturated heterocycles. The average molecular weight is 333 g/mol. The standard InChI is InChI=1S/C14H19BrClNO/c1-18-10-11-3-2-6-17(9-11)14-7-13(16)5-4-12(14)8-15/h4-5,7,11H,2-3,6,8-10H2,1H3. The first-order chi connectivity index (χ1) is 8.74. The molecule has 1 aromatic rings. The van der Waals surface area contributed by atoms with E-state index in [0.717, 1.165) is 30.0 Å². The summed E-state index contributed by atoms with van der Waals surface area (Å²) in [5.74, 6) is 0.630. The van der Waals surface area contributed by atoms with Gasteiger partial charge in [0.15, 0.2) is 0 Å². The van der Waals surface area contributed by atoms with Crippen molar-refractivity contribution in [3.05, 3.63) is 28.8 Å². The zero-order valence-corrected chi connectivity index (χ0v) is 13.0. The lowest BCUT2D eigenvalue weighted by Crippen LogP contribution is -2.37. The highest BCUT2D eigenvalue weighted by Crippen LogP contribution is 2.30. The van der Waals surface area contributed by atoms with Crippen molar-refractivity contribution < 1.29 is 4.74 Å². The molecule has 0 aromatic heterocycles. The van der Waals surface area contributed by atoms with Crippen LogP contribution in [0, 0.1) is 5.92 Å². The molecule has 0 spiro atoms. The van der Waals surface area contributed by atoms with Gasteiger partial charge in [0, 0.05) is 36.2 Å². The first kappa shape index (κ1) is 14.2. The number of rotatable bonds is 4. The number of anilines is 1. The third-order valence-corrected chi connectivity index (χ3v) is 4.29. The van der Waals surface area contributed by atoms with Crippen LogP contribution in [-0.4, -0.2) is 26.8 Å². The number of benzene rings is 1. The van der Waals surface area contributed by atoms with Crippen molar-refractivity contribution in [3.8, 4) is 0 Å². The van der Waals surface area contributed by atoms with Gasteiger partial charge in [-0.05, 0) is 36.5 Å². The lowest BCUT2D eigenvalue weighted by molar-refractivity contribution is 0.143. The Morgan fingerprint density at radius 2 is 2.33 bits per heavy atom. The molecule has 0 bridgehead atoms. The Hall–Kier alpha value is -0.250. The quantitative estimate of drug-likeness (QED) is 0.770. The minimum Gasteiger partial charge on any atom is -0.384 e. The van der Waals surface area contributed by atoms with E-state index in [4.69, 9.17) is 16.3 Å². The third kappa shape index (κ3) is 3.40. The average Bonchev–Trinajstić information content (AvgIpc) is 2.39. The van der Waals surface area contributed by atoms with Crippen LogP contribution in [0.5, 0.6) is 0 Å². The molecule has 0 amide bonds. The van der Waals surface area contributed by atoms with E-state index in [1.165, 1.54) is 24.1 Å². The number of ether oxygens (including phenoxy) is 1. The summed E-state index contributed by atoms with van der Waals surface area (Å²) in [5.41, 5.74) is 2.57. The van der Waals surface area contributed by atoms with Gasteiger partial charge in [-0.15, -0.1) is 0 Å². The van der Waals surface area contributed by atoms with Crippen LogP contribution >= 0.6 is 27.5 Å². The molecular formula is C14H19BrClNO. The van der Waals surface area contributed by atoms with E-state index < -0.39 is 0 Å². The molecule has 100 valence electrons. The summed E-state index contributed by atoms with van der Waals surface area (Å²) in [6, 6.07) is 6.14. The summed E-state index contributed by atoms with van der Waals surface area (Å²) in [5, 5.41) is 1.67. The number of halogens is 2. The van der Waals surface area contributed by atoms with E-state index >= 15 is 0 Å². The molecule has 2 rings (SSSR count). The lowest BCUT2D eigenvalue weighted by atomic mass is 9.98. The van der Waals surface area contributed by atoms with Gasteiger partial charge in [-0.25, -0.2) is 0 Å². The minimum absolute atomic E-state index is 0.630. The van der Waals surface area contributed by atoms with E-state index in [2.05, 4.69) is 33.0 Å². The molecule has 1 aliphatic rings. The second kappa shape index (κ2) is 6.78. The predicted octanol–water partition coefficient (Wildman–Crippen LogP) is 4.10. The van der Waals surface area contributed by atoms with E-state index in [-0.39, 0.29) is 0 Å². The van der Waals surface area contributed by atoms with Gasteiger partial charge in [0.1, 0.15) is 0 Å². The summed E-state index contributed by atoms with van der Waals surface area (Å²) in [4.78, 5) is 2.44. The SMILES string of the molecule is COCC1CCCN(c2cc(Cl)ccc2CBr)C1. The van der Waals surface area contributed by atoms with Crippen molar-refractivity contribution in [2.75, 3.05) is 31.7 Å². The van der Waals surface area contributed by atoms with Crippen LogP contribution in [0.1, 0.15) is 18.4 Å². The van der Waals surface area contributed by atoms with Gasteiger partial charge in [-0.1, -0.05) is 33.6 Å². The molecule has 1 unspecified atom stereocenters. The Balaban J connectivity index is 2.17. The molecule has 0 aliphatic carbocycles. The largest absolute Gasteiger partial charge is 0.384 e. The minimum atomic E-state index is 0.630. The molecular weight excluding hydrogens is 314 g/mol. The highest BCUT2D eigenvalue weighted by Gasteiger charge is 2.21. The fourth-order valence-electron chi connectivity index (χ4n) is 2.60.